The first-order valence-electron chi connectivity index (χ1n) is 11.2. The number of carbonyl (C=O) groups excluding carboxylic acids is 1. The summed E-state index contributed by atoms with van der Waals surface area (Å²) in [7, 11) is 0. The summed E-state index contributed by atoms with van der Waals surface area (Å²) >= 11 is 0. The Labute approximate surface area is 190 Å². The fourth-order valence-corrected chi connectivity index (χ4v) is 4.83. The van der Waals surface area contributed by atoms with E-state index >= 15 is 0 Å². The quantitative estimate of drug-likeness (QED) is 0.578. The normalized spacial score (nSPS) is 22.8. The predicted molar refractivity (Wildman–Crippen MR) is 116 cm³/mol. The van der Waals surface area contributed by atoms with Crippen molar-refractivity contribution >= 4 is 17.8 Å². The van der Waals surface area contributed by atoms with Gasteiger partial charge < -0.3 is 20.1 Å². The first-order chi connectivity index (χ1) is 15.9. The van der Waals surface area contributed by atoms with E-state index in [1.54, 1.807) is 11.0 Å². The summed E-state index contributed by atoms with van der Waals surface area (Å²) in [6.45, 7) is 1.83. The number of aromatic nitrogens is 2. The molecule has 3 atom stereocenters. The largest absolute Gasteiger partial charge is 0.465 e. The number of amides is 2. The van der Waals surface area contributed by atoms with E-state index in [4.69, 9.17) is 4.74 Å². The van der Waals surface area contributed by atoms with Crippen LogP contribution in [0, 0.1) is 17.6 Å². The van der Waals surface area contributed by atoms with Gasteiger partial charge in [0.1, 0.15) is 11.6 Å². The number of hydrogen-bond acceptors (Lipinski definition) is 4. The van der Waals surface area contributed by atoms with Crippen molar-refractivity contribution in [3.63, 3.8) is 0 Å². The molecule has 4 rings (SSSR count). The maximum Gasteiger partial charge on any atom is 0.407 e. The molecule has 1 aromatic carbocycles. The van der Waals surface area contributed by atoms with Gasteiger partial charge in [-0.3, -0.25) is 9.89 Å². The highest BCUT2D eigenvalue weighted by molar-refractivity contribution is 5.91. The van der Waals surface area contributed by atoms with Crippen molar-refractivity contribution in [3.05, 3.63) is 47.2 Å². The van der Waals surface area contributed by atoms with E-state index in [0.717, 1.165) is 56.2 Å². The van der Waals surface area contributed by atoms with Gasteiger partial charge in [-0.15, -0.1) is 0 Å². The lowest BCUT2D eigenvalue weighted by molar-refractivity contribution is -0.115. The van der Waals surface area contributed by atoms with Crippen molar-refractivity contribution in [2.45, 2.75) is 50.5 Å². The standard InChI is InChI=1S/C23H28F2N4O4/c24-17-6-15(7-18(25)10-17)8-22(30)26-21-11-20(27-28-21)16-3-4-19(9-16)29(23(31)32)12-14-2-1-5-33-13-14/h6-7,10-11,14,16,19H,1-5,8-9,12-13H2,(H,31,32)(H2,26,27,28,30)/t14?,16-,19+/m1/s1. The molecule has 33 heavy (non-hydrogen) atoms. The zero-order valence-corrected chi connectivity index (χ0v) is 18.2. The van der Waals surface area contributed by atoms with Gasteiger partial charge in [0.2, 0.25) is 5.91 Å². The molecule has 2 aromatic rings. The molecule has 2 heterocycles. The minimum absolute atomic E-state index is 0.0707. The maximum absolute atomic E-state index is 13.3. The molecule has 2 amide bonds. The van der Waals surface area contributed by atoms with Crippen LogP contribution >= 0.6 is 0 Å². The minimum atomic E-state index is -0.905. The lowest BCUT2D eigenvalue weighted by Gasteiger charge is -2.32. The van der Waals surface area contributed by atoms with Crippen LogP contribution in [0.5, 0.6) is 0 Å². The van der Waals surface area contributed by atoms with Gasteiger partial charge in [0.25, 0.3) is 0 Å². The molecule has 1 saturated heterocycles. The van der Waals surface area contributed by atoms with E-state index in [9.17, 15) is 23.5 Å². The number of carbonyl (C=O) groups is 2. The van der Waals surface area contributed by atoms with Crippen molar-refractivity contribution in [1.29, 1.82) is 0 Å². The van der Waals surface area contributed by atoms with Crippen molar-refractivity contribution in [2.24, 2.45) is 5.92 Å². The molecule has 0 spiro atoms. The number of nitrogens with one attached hydrogen (secondary N) is 2. The van der Waals surface area contributed by atoms with Crippen LogP contribution in [-0.4, -0.2) is 58.0 Å². The van der Waals surface area contributed by atoms with E-state index in [2.05, 4.69) is 15.5 Å². The molecule has 3 N–H and O–H groups in total. The Hall–Kier alpha value is -3.01. The van der Waals surface area contributed by atoms with Crippen LogP contribution in [0.3, 0.4) is 0 Å². The van der Waals surface area contributed by atoms with Crippen LogP contribution < -0.4 is 5.32 Å². The second-order valence-corrected chi connectivity index (χ2v) is 8.89. The minimum Gasteiger partial charge on any atom is -0.465 e. The Morgan fingerprint density at radius 3 is 2.67 bits per heavy atom. The van der Waals surface area contributed by atoms with E-state index in [0.29, 0.717) is 25.4 Å². The number of benzene rings is 1. The summed E-state index contributed by atoms with van der Waals surface area (Å²) in [6, 6.07) is 4.65. The summed E-state index contributed by atoms with van der Waals surface area (Å²) in [4.78, 5) is 25.7. The average molecular weight is 462 g/mol. The molecule has 1 aromatic heterocycles. The zero-order chi connectivity index (χ0) is 23.4. The number of H-pyrrole nitrogens is 1. The van der Waals surface area contributed by atoms with Crippen molar-refractivity contribution in [3.8, 4) is 0 Å². The van der Waals surface area contributed by atoms with E-state index < -0.39 is 23.6 Å². The number of carboxylic acid groups (broad SMARTS) is 1. The molecule has 2 fully saturated rings. The highest BCUT2D eigenvalue weighted by Gasteiger charge is 2.35. The SMILES string of the molecule is O=C(Cc1cc(F)cc(F)c1)Nc1cc([C@@H]2CC[C@H](N(CC3CCCOC3)C(=O)O)C2)[nH]n1. The molecule has 8 nitrogen and oxygen atoms in total. The number of hydrogen-bond donors (Lipinski definition) is 3. The molecule has 10 heteroatoms. The molecule has 0 radical (unpaired) electrons. The Kier molecular flexibility index (Phi) is 7.22. The van der Waals surface area contributed by atoms with Crippen LogP contribution in [0.2, 0.25) is 0 Å². The molecule has 0 bridgehead atoms. The molecule has 1 aliphatic carbocycles. The first-order valence-corrected chi connectivity index (χ1v) is 11.2. The highest BCUT2D eigenvalue weighted by Crippen LogP contribution is 2.37. The summed E-state index contributed by atoms with van der Waals surface area (Å²) in [6.07, 6.45) is 3.11. The van der Waals surface area contributed by atoms with Crippen LogP contribution in [0.4, 0.5) is 19.4 Å². The Morgan fingerprint density at radius 2 is 1.97 bits per heavy atom. The van der Waals surface area contributed by atoms with Gasteiger partial charge in [-0.1, -0.05) is 0 Å². The third-order valence-electron chi connectivity index (χ3n) is 6.39. The third-order valence-corrected chi connectivity index (χ3v) is 6.39. The highest BCUT2D eigenvalue weighted by atomic mass is 19.1. The molecule has 1 aliphatic heterocycles. The predicted octanol–water partition coefficient (Wildman–Crippen LogP) is 3.91. The lowest BCUT2D eigenvalue weighted by Crippen LogP contribution is -2.42. The number of halogens is 2. The van der Waals surface area contributed by atoms with Crippen molar-refractivity contribution in [2.75, 3.05) is 25.1 Å². The van der Waals surface area contributed by atoms with Gasteiger partial charge in [0, 0.05) is 48.9 Å². The number of nitrogens with zero attached hydrogens (tertiary/aromatic N) is 2. The molecular formula is C23H28F2N4O4. The molecule has 2 aliphatic rings. The van der Waals surface area contributed by atoms with E-state index in [-0.39, 0.29) is 29.9 Å². The van der Waals surface area contributed by atoms with Crippen LogP contribution in [0.1, 0.15) is 49.3 Å². The van der Waals surface area contributed by atoms with Crippen LogP contribution in [0.25, 0.3) is 0 Å². The topological polar surface area (TPSA) is 108 Å². The van der Waals surface area contributed by atoms with Gasteiger partial charge in [0.05, 0.1) is 13.0 Å². The number of ether oxygens (including phenoxy) is 1. The van der Waals surface area contributed by atoms with Crippen LogP contribution in [0.15, 0.2) is 24.3 Å². The van der Waals surface area contributed by atoms with E-state index in [1.807, 2.05) is 0 Å². The monoisotopic (exact) mass is 462 g/mol. The van der Waals surface area contributed by atoms with Crippen molar-refractivity contribution < 1.29 is 28.2 Å². The Balaban J connectivity index is 1.32. The van der Waals surface area contributed by atoms with E-state index in [1.165, 1.54) is 0 Å². The summed E-state index contributed by atoms with van der Waals surface area (Å²) < 4.78 is 32.1. The summed E-state index contributed by atoms with van der Waals surface area (Å²) in [5.41, 5.74) is 1.06. The first kappa shape index (κ1) is 23.2. The fourth-order valence-electron chi connectivity index (χ4n) is 4.83. The van der Waals surface area contributed by atoms with Gasteiger partial charge >= 0.3 is 6.09 Å². The fraction of sp³-hybridized carbons (Fsp3) is 0.522. The summed E-state index contributed by atoms with van der Waals surface area (Å²) in [5, 5.41) is 19.4. The summed E-state index contributed by atoms with van der Waals surface area (Å²) in [5.74, 6) is -1.24. The maximum atomic E-state index is 13.3. The molecule has 178 valence electrons. The lowest BCUT2D eigenvalue weighted by atomic mass is 10.00. The third kappa shape index (κ3) is 6.07. The average Bonchev–Trinajstić information content (AvgIpc) is 3.41. The molecular weight excluding hydrogens is 434 g/mol. The van der Waals surface area contributed by atoms with Crippen molar-refractivity contribution in [1.82, 2.24) is 15.1 Å². The number of aromatic amines is 1. The Morgan fingerprint density at radius 1 is 1.18 bits per heavy atom. The van der Waals surface area contributed by atoms with Gasteiger partial charge in [0.15, 0.2) is 5.82 Å². The number of anilines is 1. The second kappa shape index (κ2) is 10.3. The smallest absolute Gasteiger partial charge is 0.407 e. The second-order valence-electron chi connectivity index (χ2n) is 8.89. The van der Waals surface area contributed by atoms with Gasteiger partial charge in [-0.2, -0.15) is 5.10 Å². The zero-order valence-electron chi connectivity index (χ0n) is 18.2. The molecule has 1 unspecified atom stereocenters. The van der Waals surface area contributed by atoms with Gasteiger partial charge in [-0.05, 0) is 49.8 Å². The van der Waals surface area contributed by atoms with Crippen LogP contribution in [-0.2, 0) is 16.0 Å². The Bertz CT molecular complexity index is 972. The van der Waals surface area contributed by atoms with Gasteiger partial charge in [-0.25, -0.2) is 13.6 Å². The number of rotatable bonds is 7. The molecule has 1 saturated carbocycles.